The van der Waals surface area contributed by atoms with E-state index in [-0.39, 0.29) is 0 Å². The molecule has 3 aromatic rings. The summed E-state index contributed by atoms with van der Waals surface area (Å²) in [6, 6.07) is 10.9. The molecule has 0 saturated carbocycles. The number of methoxy groups -OCH3 is 2. The van der Waals surface area contributed by atoms with Gasteiger partial charge in [0.1, 0.15) is 11.5 Å². The van der Waals surface area contributed by atoms with Gasteiger partial charge in [0.05, 0.1) is 36.2 Å². The van der Waals surface area contributed by atoms with Crippen LogP contribution in [0.15, 0.2) is 46.9 Å². The normalized spacial score (nSPS) is 10.9. The van der Waals surface area contributed by atoms with Gasteiger partial charge in [-0.05, 0) is 29.8 Å². The first-order chi connectivity index (χ1) is 12.6. The van der Waals surface area contributed by atoms with Gasteiger partial charge in [-0.25, -0.2) is 4.98 Å². The van der Waals surface area contributed by atoms with Crippen LogP contribution in [0.2, 0.25) is 10.0 Å². The van der Waals surface area contributed by atoms with E-state index in [4.69, 9.17) is 32.7 Å². The Kier molecular flexibility index (Phi) is 5.98. The molecule has 0 fully saturated rings. The number of thiazole rings is 1. The zero-order valence-corrected chi connectivity index (χ0v) is 16.3. The number of nitrogens with zero attached hydrogens (tertiary/aromatic N) is 2. The SMILES string of the molecule is COc1ccc(-c2csc(N/N=C\c3ccc(Cl)c(Cl)c3)n2)c(OC)c1. The molecule has 0 bridgehead atoms. The molecular formula is C18H15Cl2N3O2S. The van der Waals surface area contributed by atoms with E-state index >= 15 is 0 Å². The fraction of sp³-hybridized carbons (Fsp3) is 0.111. The monoisotopic (exact) mass is 407 g/mol. The fourth-order valence-corrected chi connectivity index (χ4v) is 3.18. The third kappa shape index (κ3) is 4.27. The van der Waals surface area contributed by atoms with Crippen molar-refractivity contribution in [1.82, 2.24) is 4.98 Å². The van der Waals surface area contributed by atoms with Gasteiger partial charge in [0.15, 0.2) is 0 Å². The average Bonchev–Trinajstić information content (AvgIpc) is 3.12. The van der Waals surface area contributed by atoms with Crippen LogP contribution in [-0.2, 0) is 0 Å². The van der Waals surface area contributed by atoms with Crippen molar-refractivity contribution in [1.29, 1.82) is 0 Å². The fourth-order valence-electron chi connectivity index (χ4n) is 2.21. The zero-order chi connectivity index (χ0) is 18.5. The van der Waals surface area contributed by atoms with Gasteiger partial charge in [0.25, 0.3) is 0 Å². The maximum Gasteiger partial charge on any atom is 0.203 e. The summed E-state index contributed by atoms with van der Waals surface area (Å²) >= 11 is 13.3. The molecule has 3 rings (SSSR count). The second-order valence-corrected chi connectivity index (χ2v) is 6.82. The minimum absolute atomic E-state index is 0.485. The first-order valence-corrected chi connectivity index (χ1v) is 9.16. The number of rotatable bonds is 6. The number of ether oxygens (including phenoxy) is 2. The van der Waals surface area contributed by atoms with Crippen LogP contribution in [0.4, 0.5) is 5.13 Å². The number of nitrogens with one attached hydrogen (secondary N) is 1. The van der Waals surface area contributed by atoms with Crippen molar-refractivity contribution < 1.29 is 9.47 Å². The van der Waals surface area contributed by atoms with Crippen LogP contribution in [0.3, 0.4) is 0 Å². The molecule has 0 spiro atoms. The topological polar surface area (TPSA) is 55.7 Å². The van der Waals surface area contributed by atoms with Gasteiger partial charge >= 0.3 is 0 Å². The number of hydrazone groups is 1. The van der Waals surface area contributed by atoms with Crippen LogP contribution in [-0.4, -0.2) is 25.4 Å². The van der Waals surface area contributed by atoms with Gasteiger partial charge in [-0.1, -0.05) is 29.3 Å². The van der Waals surface area contributed by atoms with Crippen LogP contribution in [0.1, 0.15) is 5.56 Å². The van der Waals surface area contributed by atoms with Crippen molar-refractivity contribution in [3.63, 3.8) is 0 Å². The van der Waals surface area contributed by atoms with Crippen LogP contribution in [0.5, 0.6) is 11.5 Å². The quantitative estimate of drug-likeness (QED) is 0.427. The predicted molar refractivity (Wildman–Crippen MR) is 108 cm³/mol. The Morgan fingerprint density at radius 1 is 1.08 bits per heavy atom. The molecule has 0 saturated heterocycles. The van der Waals surface area contributed by atoms with Crippen molar-refractivity contribution >= 4 is 45.9 Å². The molecule has 1 aromatic heterocycles. The van der Waals surface area contributed by atoms with E-state index in [1.807, 2.05) is 29.6 Å². The number of halogens is 2. The molecule has 134 valence electrons. The lowest BCUT2D eigenvalue weighted by atomic mass is 10.1. The van der Waals surface area contributed by atoms with E-state index in [0.29, 0.717) is 20.9 Å². The van der Waals surface area contributed by atoms with Crippen molar-refractivity contribution in [2.75, 3.05) is 19.6 Å². The van der Waals surface area contributed by atoms with E-state index in [9.17, 15) is 0 Å². The summed E-state index contributed by atoms with van der Waals surface area (Å²) in [7, 11) is 3.23. The Balaban J connectivity index is 1.74. The maximum absolute atomic E-state index is 5.99. The van der Waals surface area contributed by atoms with Gasteiger partial charge in [-0.15, -0.1) is 11.3 Å². The molecule has 0 aliphatic rings. The van der Waals surface area contributed by atoms with Crippen molar-refractivity contribution in [2.45, 2.75) is 0 Å². The minimum Gasteiger partial charge on any atom is -0.497 e. The summed E-state index contributed by atoms with van der Waals surface area (Å²) in [6.07, 6.45) is 1.65. The van der Waals surface area contributed by atoms with E-state index in [0.717, 1.165) is 22.6 Å². The Labute approximate surface area is 165 Å². The molecule has 1 N–H and O–H groups in total. The number of hydrogen-bond acceptors (Lipinski definition) is 6. The highest BCUT2D eigenvalue weighted by atomic mass is 35.5. The molecule has 0 aliphatic carbocycles. The van der Waals surface area contributed by atoms with Crippen LogP contribution >= 0.6 is 34.5 Å². The molecule has 0 amide bonds. The van der Waals surface area contributed by atoms with Gasteiger partial charge in [0, 0.05) is 17.0 Å². The Morgan fingerprint density at radius 2 is 1.92 bits per heavy atom. The lowest BCUT2D eigenvalue weighted by molar-refractivity contribution is 0.395. The summed E-state index contributed by atoms with van der Waals surface area (Å²) in [6.45, 7) is 0. The highest BCUT2D eigenvalue weighted by molar-refractivity contribution is 7.14. The first-order valence-electron chi connectivity index (χ1n) is 7.52. The molecule has 1 heterocycles. The van der Waals surface area contributed by atoms with Gasteiger partial charge < -0.3 is 9.47 Å². The van der Waals surface area contributed by atoms with Crippen LogP contribution < -0.4 is 14.9 Å². The molecule has 0 atom stereocenters. The Morgan fingerprint density at radius 3 is 2.65 bits per heavy atom. The summed E-state index contributed by atoms with van der Waals surface area (Å²) in [5.41, 5.74) is 5.42. The van der Waals surface area contributed by atoms with Crippen molar-refractivity contribution in [3.8, 4) is 22.8 Å². The van der Waals surface area contributed by atoms with Crippen molar-refractivity contribution in [2.24, 2.45) is 5.10 Å². The van der Waals surface area contributed by atoms with Gasteiger partial charge in [-0.2, -0.15) is 5.10 Å². The van der Waals surface area contributed by atoms with Crippen molar-refractivity contribution in [3.05, 3.63) is 57.4 Å². The molecule has 2 aromatic carbocycles. The lowest BCUT2D eigenvalue weighted by Gasteiger charge is -2.08. The molecular weight excluding hydrogens is 393 g/mol. The molecule has 8 heteroatoms. The van der Waals surface area contributed by atoms with Gasteiger partial charge in [-0.3, -0.25) is 5.43 Å². The maximum atomic E-state index is 5.99. The predicted octanol–water partition coefficient (Wildman–Crippen LogP) is 5.58. The molecule has 0 radical (unpaired) electrons. The summed E-state index contributed by atoms with van der Waals surface area (Å²) in [5.74, 6) is 1.42. The van der Waals surface area contributed by atoms with E-state index in [1.165, 1.54) is 11.3 Å². The molecule has 0 unspecified atom stereocenters. The second-order valence-electron chi connectivity index (χ2n) is 5.15. The minimum atomic E-state index is 0.485. The Hall–Kier alpha value is -2.28. The smallest absolute Gasteiger partial charge is 0.203 e. The highest BCUT2D eigenvalue weighted by Crippen LogP contribution is 2.34. The second kappa shape index (κ2) is 8.40. The van der Waals surface area contributed by atoms with Crippen LogP contribution in [0.25, 0.3) is 11.3 Å². The largest absolute Gasteiger partial charge is 0.497 e. The number of aromatic nitrogens is 1. The molecule has 26 heavy (non-hydrogen) atoms. The number of hydrogen-bond donors (Lipinski definition) is 1. The average molecular weight is 408 g/mol. The summed E-state index contributed by atoms with van der Waals surface area (Å²) in [5, 5.41) is 7.77. The number of anilines is 1. The van der Waals surface area contributed by atoms with E-state index < -0.39 is 0 Å². The first kappa shape index (κ1) is 18.5. The highest BCUT2D eigenvalue weighted by Gasteiger charge is 2.11. The zero-order valence-electron chi connectivity index (χ0n) is 14.0. The third-order valence-corrected chi connectivity index (χ3v) is 4.99. The van der Waals surface area contributed by atoms with Gasteiger partial charge in [0.2, 0.25) is 5.13 Å². The summed E-state index contributed by atoms with van der Waals surface area (Å²) < 4.78 is 10.6. The number of benzene rings is 2. The third-order valence-electron chi connectivity index (χ3n) is 3.51. The standard InChI is InChI=1S/C18H15Cl2N3O2S/c1-24-12-4-5-13(17(8-12)25-2)16-10-26-18(22-16)23-21-9-11-3-6-14(19)15(20)7-11/h3-10H,1-2H3,(H,22,23)/b21-9-. The van der Waals surface area contributed by atoms with E-state index in [2.05, 4.69) is 15.5 Å². The lowest BCUT2D eigenvalue weighted by Crippen LogP contribution is -1.92. The molecule has 0 aliphatic heterocycles. The Bertz CT molecular complexity index is 944. The molecule has 5 nitrogen and oxygen atoms in total. The summed E-state index contributed by atoms with van der Waals surface area (Å²) in [4.78, 5) is 4.53. The van der Waals surface area contributed by atoms with Crippen LogP contribution in [0, 0.1) is 0 Å². The van der Waals surface area contributed by atoms with E-state index in [1.54, 1.807) is 32.6 Å².